The van der Waals surface area contributed by atoms with Gasteiger partial charge in [0, 0.05) is 18.1 Å². The molecule has 0 spiro atoms. The van der Waals surface area contributed by atoms with Crippen molar-refractivity contribution in [2.24, 2.45) is 5.92 Å². The van der Waals surface area contributed by atoms with E-state index in [-0.39, 0.29) is 23.3 Å². The number of sulfonamides is 1. The zero-order chi connectivity index (χ0) is 30.2. The van der Waals surface area contributed by atoms with Crippen LogP contribution in [0, 0.1) is 12.8 Å². The number of aryl methyl sites for hydroxylation is 1. The van der Waals surface area contributed by atoms with Gasteiger partial charge < -0.3 is 15.0 Å². The number of nitrogens with zero attached hydrogens (tertiary/aromatic N) is 2. The van der Waals surface area contributed by atoms with Crippen LogP contribution in [0.5, 0.6) is 5.75 Å². The Hall–Kier alpha value is -3.56. The fourth-order valence-corrected chi connectivity index (χ4v) is 6.13. The van der Waals surface area contributed by atoms with E-state index in [4.69, 9.17) is 16.3 Å². The molecule has 1 N–H and O–H groups in total. The number of hydrogen-bond donors (Lipinski definition) is 1. The van der Waals surface area contributed by atoms with E-state index in [1.807, 2.05) is 32.9 Å². The number of benzene rings is 3. The van der Waals surface area contributed by atoms with Gasteiger partial charge in [0.15, 0.2) is 0 Å². The van der Waals surface area contributed by atoms with Crippen molar-refractivity contribution in [1.82, 2.24) is 10.2 Å². The molecular formula is C31H38ClN3O5S. The summed E-state index contributed by atoms with van der Waals surface area (Å²) in [5, 5.41) is 3.38. The highest BCUT2D eigenvalue weighted by atomic mass is 35.5. The first kappa shape index (κ1) is 32.0. The van der Waals surface area contributed by atoms with Gasteiger partial charge in [-0.1, -0.05) is 62.7 Å². The van der Waals surface area contributed by atoms with Crippen molar-refractivity contribution in [3.8, 4) is 5.75 Å². The Balaban J connectivity index is 2.06. The average Bonchev–Trinajstić information content (AvgIpc) is 2.95. The van der Waals surface area contributed by atoms with Crippen LogP contribution in [0.1, 0.15) is 38.3 Å². The van der Waals surface area contributed by atoms with Crippen molar-refractivity contribution in [1.29, 1.82) is 0 Å². The molecule has 0 saturated carbocycles. The lowest BCUT2D eigenvalue weighted by Gasteiger charge is -2.33. The van der Waals surface area contributed by atoms with E-state index in [9.17, 15) is 18.0 Å². The standard InChI is InChI=1S/C31H38ClN3O5S/c1-6-28(31(37)33-19-22(2)3)34(20-24-12-15-26(40-5)16-13-24)30(36)21-35(29-17-14-25(32)18-23(29)4)41(38,39)27-10-8-7-9-11-27/h7-18,22,28H,6,19-21H2,1-5H3,(H,33,37). The van der Waals surface area contributed by atoms with Gasteiger partial charge >= 0.3 is 0 Å². The summed E-state index contributed by atoms with van der Waals surface area (Å²) < 4.78 is 34.2. The predicted molar refractivity (Wildman–Crippen MR) is 163 cm³/mol. The molecule has 0 fully saturated rings. The highest BCUT2D eigenvalue weighted by Gasteiger charge is 2.34. The lowest BCUT2D eigenvalue weighted by atomic mass is 10.1. The summed E-state index contributed by atoms with van der Waals surface area (Å²) in [6.45, 7) is 7.60. The Labute approximate surface area is 248 Å². The second-order valence-corrected chi connectivity index (χ2v) is 12.5. The van der Waals surface area contributed by atoms with Crippen LogP contribution in [-0.2, 0) is 26.2 Å². The van der Waals surface area contributed by atoms with Crippen molar-refractivity contribution in [2.45, 2.75) is 51.6 Å². The zero-order valence-electron chi connectivity index (χ0n) is 24.1. The minimum atomic E-state index is -4.15. The van der Waals surface area contributed by atoms with Crippen LogP contribution in [0.25, 0.3) is 0 Å². The molecule has 0 saturated heterocycles. The van der Waals surface area contributed by atoms with E-state index < -0.39 is 28.5 Å². The van der Waals surface area contributed by atoms with Crippen molar-refractivity contribution in [3.63, 3.8) is 0 Å². The molecule has 0 aliphatic heterocycles. The van der Waals surface area contributed by atoms with E-state index in [2.05, 4.69) is 5.32 Å². The summed E-state index contributed by atoms with van der Waals surface area (Å²) in [5.74, 6) is 0.0812. The second-order valence-electron chi connectivity index (χ2n) is 10.2. The molecule has 8 nitrogen and oxygen atoms in total. The maximum absolute atomic E-state index is 14.1. The Kier molecular flexibility index (Phi) is 11.2. The lowest BCUT2D eigenvalue weighted by Crippen LogP contribution is -2.52. The number of carbonyl (C=O) groups excluding carboxylic acids is 2. The molecular weight excluding hydrogens is 562 g/mol. The summed E-state index contributed by atoms with van der Waals surface area (Å²) in [6.07, 6.45) is 0.344. The van der Waals surface area contributed by atoms with E-state index in [0.29, 0.717) is 35.0 Å². The molecule has 1 unspecified atom stereocenters. The lowest BCUT2D eigenvalue weighted by molar-refractivity contribution is -0.140. The van der Waals surface area contributed by atoms with E-state index in [0.717, 1.165) is 9.87 Å². The third kappa shape index (κ3) is 8.24. The molecule has 10 heteroatoms. The normalized spacial score (nSPS) is 12.1. The van der Waals surface area contributed by atoms with Crippen LogP contribution < -0.4 is 14.4 Å². The van der Waals surface area contributed by atoms with E-state index in [1.54, 1.807) is 62.6 Å². The molecule has 0 radical (unpaired) electrons. The smallest absolute Gasteiger partial charge is 0.264 e. The summed E-state index contributed by atoms with van der Waals surface area (Å²) in [4.78, 5) is 29.0. The number of carbonyl (C=O) groups is 2. The van der Waals surface area contributed by atoms with Gasteiger partial charge in [-0.05, 0) is 72.9 Å². The number of nitrogens with one attached hydrogen (secondary N) is 1. The monoisotopic (exact) mass is 599 g/mol. The Morgan fingerprint density at radius 1 is 1.00 bits per heavy atom. The first-order chi connectivity index (χ1) is 19.5. The largest absolute Gasteiger partial charge is 0.497 e. The summed E-state index contributed by atoms with van der Waals surface area (Å²) in [7, 11) is -2.58. The fourth-order valence-electron chi connectivity index (χ4n) is 4.40. The Morgan fingerprint density at radius 3 is 2.22 bits per heavy atom. The molecule has 3 aromatic rings. The SMILES string of the molecule is CCC(C(=O)NCC(C)C)N(Cc1ccc(OC)cc1)C(=O)CN(c1ccc(Cl)cc1C)S(=O)(=O)c1ccccc1. The highest BCUT2D eigenvalue weighted by molar-refractivity contribution is 7.92. The molecule has 0 aromatic heterocycles. The quantitative estimate of drug-likeness (QED) is 0.283. The molecule has 0 heterocycles. The van der Waals surface area contributed by atoms with Gasteiger partial charge in [-0.2, -0.15) is 0 Å². The number of anilines is 1. The third-order valence-corrected chi connectivity index (χ3v) is 8.63. The molecule has 1 atom stereocenters. The number of methoxy groups -OCH3 is 1. The molecule has 220 valence electrons. The van der Waals surface area contributed by atoms with Crippen LogP contribution in [0.15, 0.2) is 77.7 Å². The van der Waals surface area contributed by atoms with Crippen LogP contribution in [-0.4, -0.2) is 51.4 Å². The topological polar surface area (TPSA) is 96.0 Å². The van der Waals surface area contributed by atoms with Crippen molar-refractivity contribution >= 4 is 39.1 Å². The number of ether oxygens (including phenoxy) is 1. The average molecular weight is 600 g/mol. The maximum atomic E-state index is 14.1. The van der Waals surface area contributed by atoms with Crippen LogP contribution in [0.2, 0.25) is 5.02 Å². The van der Waals surface area contributed by atoms with Gasteiger partial charge in [0.25, 0.3) is 10.0 Å². The number of hydrogen-bond acceptors (Lipinski definition) is 5. The van der Waals surface area contributed by atoms with Crippen molar-refractivity contribution in [3.05, 3.63) is 88.9 Å². The third-order valence-electron chi connectivity index (χ3n) is 6.62. The Bertz CT molecular complexity index is 1430. The number of amides is 2. The summed E-state index contributed by atoms with van der Waals surface area (Å²) in [5.41, 5.74) is 1.69. The van der Waals surface area contributed by atoms with Gasteiger partial charge in [-0.3, -0.25) is 13.9 Å². The van der Waals surface area contributed by atoms with Crippen molar-refractivity contribution in [2.75, 3.05) is 24.5 Å². The van der Waals surface area contributed by atoms with Crippen LogP contribution >= 0.6 is 11.6 Å². The van der Waals surface area contributed by atoms with Crippen molar-refractivity contribution < 1.29 is 22.7 Å². The molecule has 41 heavy (non-hydrogen) atoms. The Morgan fingerprint density at radius 2 is 1.66 bits per heavy atom. The fraction of sp³-hybridized carbons (Fsp3) is 0.355. The van der Waals surface area contributed by atoms with Crippen LogP contribution in [0.4, 0.5) is 5.69 Å². The van der Waals surface area contributed by atoms with Gasteiger partial charge in [-0.25, -0.2) is 8.42 Å². The molecule has 3 aromatic carbocycles. The summed E-state index contributed by atoms with van der Waals surface area (Å²) in [6, 6.07) is 19.2. The molecule has 0 bridgehead atoms. The first-order valence-electron chi connectivity index (χ1n) is 13.5. The summed E-state index contributed by atoms with van der Waals surface area (Å²) >= 11 is 6.17. The molecule has 3 rings (SSSR count). The van der Waals surface area contributed by atoms with Gasteiger partial charge in [0.1, 0.15) is 18.3 Å². The maximum Gasteiger partial charge on any atom is 0.264 e. The zero-order valence-corrected chi connectivity index (χ0v) is 25.7. The van der Waals surface area contributed by atoms with Crippen LogP contribution in [0.3, 0.4) is 0 Å². The highest BCUT2D eigenvalue weighted by Crippen LogP contribution is 2.29. The minimum Gasteiger partial charge on any atom is -0.497 e. The minimum absolute atomic E-state index is 0.0468. The molecule has 0 aliphatic rings. The van der Waals surface area contributed by atoms with E-state index >= 15 is 0 Å². The number of halogens is 1. The van der Waals surface area contributed by atoms with E-state index in [1.165, 1.54) is 17.0 Å². The predicted octanol–water partition coefficient (Wildman–Crippen LogP) is 5.43. The second kappa shape index (κ2) is 14.4. The molecule has 2 amide bonds. The number of rotatable bonds is 13. The van der Waals surface area contributed by atoms with Gasteiger partial charge in [0.2, 0.25) is 11.8 Å². The first-order valence-corrected chi connectivity index (χ1v) is 15.3. The van der Waals surface area contributed by atoms with Gasteiger partial charge in [-0.15, -0.1) is 0 Å². The molecule has 0 aliphatic carbocycles. The van der Waals surface area contributed by atoms with Gasteiger partial charge in [0.05, 0.1) is 17.7 Å².